The van der Waals surface area contributed by atoms with Gasteiger partial charge >= 0.3 is 0 Å². The van der Waals surface area contributed by atoms with Crippen molar-refractivity contribution in [1.29, 1.82) is 0 Å². The summed E-state index contributed by atoms with van der Waals surface area (Å²) < 4.78 is 33.2. The maximum Gasteiger partial charge on any atom is 0.243 e. The van der Waals surface area contributed by atoms with Gasteiger partial charge in [-0.05, 0) is 54.8 Å². The lowest BCUT2D eigenvalue weighted by molar-refractivity contribution is -0.126. The van der Waals surface area contributed by atoms with E-state index >= 15 is 0 Å². The summed E-state index contributed by atoms with van der Waals surface area (Å²) in [4.78, 5) is 12.9. The molecule has 0 bridgehead atoms. The van der Waals surface area contributed by atoms with Crippen LogP contribution in [0.4, 0.5) is 0 Å². The van der Waals surface area contributed by atoms with Crippen molar-refractivity contribution < 1.29 is 17.9 Å². The molecule has 1 amide bonds. The average molecular weight is 467 g/mol. The number of halogens is 1. The zero-order valence-electron chi connectivity index (χ0n) is 15.6. The minimum atomic E-state index is -3.61. The number of amides is 1. The molecule has 1 aliphatic rings. The van der Waals surface area contributed by atoms with Gasteiger partial charge < -0.3 is 10.1 Å². The number of carbonyl (C=O) groups excluding carboxylic acids is 1. The second kappa shape index (κ2) is 9.07. The fraction of sp³-hybridized carbons (Fsp3) is 0.350. The standard InChI is InChI=1S/C20H23BrN2O4S/c1-27-18-6-2-4-15(12-18)13-22-20(24)16-5-3-11-23(14-16)28(25,26)19-9-7-17(21)8-10-19/h2,4,6-10,12,16H,3,5,11,13-14H2,1H3,(H,22,24)/t16-/m1/s1. The number of piperidine rings is 1. The summed E-state index contributed by atoms with van der Waals surface area (Å²) in [5.74, 6) is 0.249. The summed E-state index contributed by atoms with van der Waals surface area (Å²) >= 11 is 3.31. The third kappa shape index (κ3) is 4.92. The first-order chi connectivity index (χ1) is 13.4. The van der Waals surface area contributed by atoms with Crippen molar-refractivity contribution in [2.75, 3.05) is 20.2 Å². The number of hydrogen-bond acceptors (Lipinski definition) is 4. The van der Waals surface area contributed by atoms with Crippen LogP contribution in [0, 0.1) is 5.92 Å². The largest absolute Gasteiger partial charge is 0.497 e. The first-order valence-electron chi connectivity index (χ1n) is 9.06. The van der Waals surface area contributed by atoms with Gasteiger partial charge in [-0.3, -0.25) is 4.79 Å². The number of rotatable bonds is 6. The molecule has 1 aliphatic heterocycles. The van der Waals surface area contributed by atoms with Gasteiger partial charge in [-0.15, -0.1) is 0 Å². The van der Waals surface area contributed by atoms with E-state index < -0.39 is 10.0 Å². The van der Waals surface area contributed by atoms with Crippen molar-refractivity contribution in [2.24, 2.45) is 5.92 Å². The van der Waals surface area contributed by atoms with Gasteiger partial charge in [0.15, 0.2) is 0 Å². The zero-order valence-corrected chi connectivity index (χ0v) is 18.0. The van der Waals surface area contributed by atoms with Crippen LogP contribution in [0.1, 0.15) is 18.4 Å². The molecule has 1 atom stereocenters. The second-order valence-electron chi connectivity index (χ2n) is 6.73. The second-order valence-corrected chi connectivity index (χ2v) is 9.58. The first-order valence-corrected chi connectivity index (χ1v) is 11.3. The first kappa shape index (κ1) is 20.8. The highest BCUT2D eigenvalue weighted by atomic mass is 79.9. The maximum atomic E-state index is 12.9. The fourth-order valence-corrected chi connectivity index (χ4v) is 5.03. The number of carbonyl (C=O) groups is 1. The van der Waals surface area contributed by atoms with Gasteiger partial charge in [-0.25, -0.2) is 8.42 Å². The number of sulfonamides is 1. The van der Waals surface area contributed by atoms with Crippen LogP contribution >= 0.6 is 15.9 Å². The van der Waals surface area contributed by atoms with E-state index in [-0.39, 0.29) is 23.3 Å². The van der Waals surface area contributed by atoms with Gasteiger partial charge in [0.05, 0.1) is 17.9 Å². The summed E-state index contributed by atoms with van der Waals surface area (Å²) in [6, 6.07) is 14.0. The molecule has 0 aromatic heterocycles. The molecule has 0 radical (unpaired) electrons. The molecule has 1 fully saturated rings. The van der Waals surface area contributed by atoms with Gasteiger partial charge in [0.2, 0.25) is 15.9 Å². The lowest BCUT2D eigenvalue weighted by Crippen LogP contribution is -2.45. The minimum absolute atomic E-state index is 0.126. The van der Waals surface area contributed by atoms with Gasteiger partial charge in [0.25, 0.3) is 0 Å². The van der Waals surface area contributed by atoms with E-state index in [4.69, 9.17) is 4.74 Å². The zero-order chi connectivity index (χ0) is 20.1. The van der Waals surface area contributed by atoms with Crippen molar-refractivity contribution in [3.63, 3.8) is 0 Å². The molecule has 150 valence electrons. The summed E-state index contributed by atoms with van der Waals surface area (Å²) in [7, 11) is -2.01. The summed E-state index contributed by atoms with van der Waals surface area (Å²) in [6.07, 6.45) is 1.34. The normalized spacial score (nSPS) is 17.9. The molecule has 2 aromatic carbocycles. The molecule has 0 spiro atoms. The predicted octanol–water partition coefficient (Wildman–Crippen LogP) is 3.17. The Bertz CT molecular complexity index is 931. The molecule has 28 heavy (non-hydrogen) atoms. The van der Waals surface area contributed by atoms with E-state index in [2.05, 4.69) is 21.2 Å². The smallest absolute Gasteiger partial charge is 0.243 e. The third-order valence-electron chi connectivity index (χ3n) is 4.81. The molecule has 6 nitrogen and oxygen atoms in total. The molecular formula is C20H23BrN2O4S. The van der Waals surface area contributed by atoms with Crippen LogP contribution in [0.2, 0.25) is 0 Å². The molecule has 2 aromatic rings. The van der Waals surface area contributed by atoms with Crippen LogP contribution < -0.4 is 10.1 Å². The Morgan fingerprint density at radius 2 is 2.00 bits per heavy atom. The Morgan fingerprint density at radius 3 is 2.71 bits per heavy atom. The molecule has 0 aliphatic carbocycles. The maximum absolute atomic E-state index is 12.9. The van der Waals surface area contributed by atoms with E-state index in [9.17, 15) is 13.2 Å². The SMILES string of the molecule is COc1cccc(CNC(=O)[C@@H]2CCCN(S(=O)(=O)c3ccc(Br)cc3)C2)c1. The van der Waals surface area contributed by atoms with Crippen molar-refractivity contribution in [3.05, 3.63) is 58.6 Å². The number of nitrogens with zero attached hydrogens (tertiary/aromatic N) is 1. The van der Waals surface area contributed by atoms with Crippen molar-refractivity contribution >= 4 is 31.9 Å². The van der Waals surface area contributed by atoms with Gasteiger partial charge in [0.1, 0.15) is 5.75 Å². The molecule has 8 heteroatoms. The summed E-state index contributed by atoms with van der Waals surface area (Å²) in [6.45, 7) is 1.01. The number of benzene rings is 2. The third-order valence-corrected chi connectivity index (χ3v) is 7.22. The van der Waals surface area contributed by atoms with Crippen molar-refractivity contribution in [2.45, 2.75) is 24.3 Å². The monoisotopic (exact) mass is 466 g/mol. The number of methoxy groups -OCH3 is 1. The van der Waals surface area contributed by atoms with E-state index in [1.807, 2.05) is 24.3 Å². The minimum Gasteiger partial charge on any atom is -0.497 e. The number of ether oxygens (including phenoxy) is 1. The lowest BCUT2D eigenvalue weighted by Gasteiger charge is -2.31. The van der Waals surface area contributed by atoms with Gasteiger partial charge in [0, 0.05) is 24.1 Å². The Morgan fingerprint density at radius 1 is 1.25 bits per heavy atom. The van der Waals surface area contributed by atoms with E-state index in [1.165, 1.54) is 4.31 Å². The summed E-state index contributed by atoms with van der Waals surface area (Å²) in [5, 5.41) is 2.92. The van der Waals surface area contributed by atoms with Crippen LogP contribution in [-0.2, 0) is 21.4 Å². The fourth-order valence-electron chi connectivity index (χ4n) is 3.25. The summed E-state index contributed by atoms with van der Waals surface area (Å²) in [5.41, 5.74) is 0.933. The molecule has 1 N–H and O–H groups in total. The van der Waals surface area contributed by atoms with Crippen LogP contribution in [0.5, 0.6) is 5.75 Å². The molecule has 1 saturated heterocycles. The quantitative estimate of drug-likeness (QED) is 0.708. The van der Waals surface area contributed by atoms with Crippen molar-refractivity contribution in [1.82, 2.24) is 9.62 Å². The van der Waals surface area contributed by atoms with Gasteiger partial charge in [-0.2, -0.15) is 4.31 Å². The lowest BCUT2D eigenvalue weighted by atomic mass is 9.99. The Balaban J connectivity index is 1.63. The predicted molar refractivity (Wildman–Crippen MR) is 110 cm³/mol. The van der Waals surface area contributed by atoms with E-state index in [0.717, 1.165) is 15.8 Å². The molecule has 0 unspecified atom stereocenters. The Hall–Kier alpha value is -1.90. The molecule has 1 heterocycles. The highest BCUT2D eigenvalue weighted by molar-refractivity contribution is 9.10. The highest BCUT2D eigenvalue weighted by Crippen LogP contribution is 2.25. The van der Waals surface area contributed by atoms with Crippen LogP contribution in [0.15, 0.2) is 57.9 Å². The number of nitrogens with one attached hydrogen (secondary N) is 1. The van der Waals surface area contributed by atoms with Crippen molar-refractivity contribution in [3.8, 4) is 5.75 Å². The Kier molecular flexibility index (Phi) is 6.74. The van der Waals surface area contributed by atoms with Crippen LogP contribution in [0.25, 0.3) is 0 Å². The van der Waals surface area contributed by atoms with Gasteiger partial charge in [-0.1, -0.05) is 28.1 Å². The Labute approximate surface area is 174 Å². The number of hydrogen-bond donors (Lipinski definition) is 1. The molecular weight excluding hydrogens is 444 g/mol. The van der Waals surface area contributed by atoms with Crippen LogP contribution in [0.3, 0.4) is 0 Å². The average Bonchev–Trinajstić information content (AvgIpc) is 2.72. The van der Waals surface area contributed by atoms with E-state index in [1.54, 1.807) is 31.4 Å². The molecule has 0 saturated carbocycles. The highest BCUT2D eigenvalue weighted by Gasteiger charge is 2.33. The molecule has 3 rings (SSSR count). The van der Waals surface area contributed by atoms with Crippen LogP contribution in [-0.4, -0.2) is 38.8 Å². The topological polar surface area (TPSA) is 75.7 Å². The van der Waals surface area contributed by atoms with E-state index in [0.29, 0.717) is 25.9 Å².